The molecule has 0 aliphatic carbocycles. The third-order valence-corrected chi connectivity index (χ3v) is 8.02. The Hall–Kier alpha value is -2.77. The maximum Gasteiger partial charge on any atom is 0.266 e. The molecule has 0 radical (unpaired) electrons. The van der Waals surface area contributed by atoms with Gasteiger partial charge in [0.1, 0.15) is 5.75 Å². The number of carbonyl (C=O) groups is 1. The first kappa shape index (κ1) is 25.3. The number of methoxy groups -OCH3 is 2. The van der Waals surface area contributed by atoms with Crippen LogP contribution < -0.4 is 9.64 Å². The smallest absolute Gasteiger partial charge is 0.266 e. The molecule has 2 heterocycles. The van der Waals surface area contributed by atoms with Gasteiger partial charge in [0.2, 0.25) is 0 Å². The molecular weight excluding hydrogens is 458 g/mol. The van der Waals surface area contributed by atoms with Crippen LogP contribution in [0, 0.1) is 6.92 Å². The number of hydrogen-bond donors (Lipinski definition) is 0. The first-order valence-corrected chi connectivity index (χ1v) is 12.8. The van der Waals surface area contributed by atoms with Crippen molar-refractivity contribution < 1.29 is 14.3 Å². The Labute approximate surface area is 213 Å². The molecule has 0 bridgehead atoms. The fourth-order valence-corrected chi connectivity index (χ4v) is 5.79. The fourth-order valence-electron chi connectivity index (χ4n) is 4.77. The summed E-state index contributed by atoms with van der Waals surface area (Å²) >= 11 is 1.41. The summed E-state index contributed by atoms with van der Waals surface area (Å²) in [4.78, 5) is 22.9. The molecule has 2 aliphatic rings. The number of anilines is 1. The molecule has 1 unspecified atom stereocenters. The van der Waals surface area contributed by atoms with Gasteiger partial charge in [0.05, 0.1) is 30.9 Å². The SMILES string of the molecule is COCCN1C(=O)/C(=C\c2cc3c(cc2C)N(C)C(C)(C)CC3C)SC1=Nc1ccc(OC)cc1. The quantitative estimate of drug-likeness (QED) is 0.464. The van der Waals surface area contributed by atoms with E-state index in [0.29, 0.717) is 29.1 Å². The fraction of sp³-hybridized carbons (Fsp3) is 0.429. The zero-order valence-electron chi connectivity index (χ0n) is 21.7. The average Bonchev–Trinajstić information content (AvgIpc) is 3.11. The highest BCUT2D eigenvalue weighted by molar-refractivity contribution is 8.18. The molecule has 6 nitrogen and oxygen atoms in total. The summed E-state index contributed by atoms with van der Waals surface area (Å²) in [6.45, 7) is 9.90. The third kappa shape index (κ3) is 5.11. The van der Waals surface area contributed by atoms with E-state index in [1.54, 1.807) is 19.1 Å². The third-order valence-electron chi connectivity index (χ3n) is 7.01. The maximum absolute atomic E-state index is 13.4. The Bertz CT molecular complexity index is 1170. The van der Waals surface area contributed by atoms with Crippen LogP contribution in [0.3, 0.4) is 0 Å². The predicted octanol–water partition coefficient (Wildman–Crippen LogP) is 5.98. The molecule has 0 saturated carbocycles. The molecule has 2 aromatic rings. The normalized spacial score (nSPS) is 21.7. The van der Waals surface area contributed by atoms with Crippen LogP contribution in [0.1, 0.15) is 49.8 Å². The Morgan fingerprint density at radius 3 is 2.57 bits per heavy atom. The second-order valence-corrected chi connectivity index (χ2v) is 10.9. The number of rotatable bonds is 6. The van der Waals surface area contributed by atoms with Crippen molar-refractivity contribution in [2.24, 2.45) is 4.99 Å². The molecular formula is C28H35N3O3S. The average molecular weight is 494 g/mol. The number of nitrogens with zero attached hydrogens (tertiary/aromatic N) is 3. The molecule has 1 fully saturated rings. The summed E-state index contributed by atoms with van der Waals surface area (Å²) in [6, 6.07) is 12.0. The van der Waals surface area contributed by atoms with E-state index in [2.05, 4.69) is 51.8 Å². The number of aryl methyl sites for hydroxylation is 1. The molecule has 1 amide bonds. The molecule has 4 rings (SSSR count). The first-order chi connectivity index (χ1) is 16.6. The molecule has 2 aromatic carbocycles. The number of ether oxygens (including phenoxy) is 2. The van der Waals surface area contributed by atoms with Gasteiger partial charge in [-0.1, -0.05) is 6.92 Å². The largest absolute Gasteiger partial charge is 0.497 e. The van der Waals surface area contributed by atoms with E-state index in [1.165, 1.54) is 23.0 Å². The standard InChI is InChI=1S/C28H35N3O3S/c1-18-14-24-23(19(2)17-28(3,4)30(24)5)15-20(18)16-25-26(32)31(12-13-33-6)27(35-25)29-21-8-10-22(34-7)11-9-21/h8-11,14-16,19H,12-13,17H2,1-7H3/b25-16+,29-27?. The van der Waals surface area contributed by atoms with Gasteiger partial charge in [0.25, 0.3) is 5.91 Å². The van der Waals surface area contributed by atoms with Crippen molar-refractivity contribution in [1.29, 1.82) is 0 Å². The molecule has 1 atom stereocenters. The summed E-state index contributed by atoms with van der Waals surface area (Å²) in [5, 5.41) is 0.661. The highest BCUT2D eigenvalue weighted by Gasteiger charge is 2.36. The van der Waals surface area contributed by atoms with E-state index >= 15 is 0 Å². The van der Waals surface area contributed by atoms with Crippen molar-refractivity contribution in [2.75, 3.05) is 39.3 Å². The van der Waals surface area contributed by atoms with E-state index < -0.39 is 0 Å². The number of thioether (sulfide) groups is 1. The topological polar surface area (TPSA) is 54.4 Å². The van der Waals surface area contributed by atoms with Gasteiger partial charge in [-0.2, -0.15) is 0 Å². The van der Waals surface area contributed by atoms with Gasteiger partial charge in [-0.3, -0.25) is 9.69 Å². The monoisotopic (exact) mass is 493 g/mol. The number of amides is 1. The minimum atomic E-state index is -0.0391. The summed E-state index contributed by atoms with van der Waals surface area (Å²) < 4.78 is 10.5. The van der Waals surface area contributed by atoms with Crippen molar-refractivity contribution in [1.82, 2.24) is 4.90 Å². The van der Waals surface area contributed by atoms with Crippen LogP contribution in [0.25, 0.3) is 6.08 Å². The van der Waals surface area contributed by atoms with Gasteiger partial charge < -0.3 is 14.4 Å². The molecule has 0 N–H and O–H groups in total. The molecule has 7 heteroatoms. The van der Waals surface area contributed by atoms with Crippen LogP contribution >= 0.6 is 11.8 Å². The molecule has 1 saturated heterocycles. The van der Waals surface area contributed by atoms with Crippen molar-refractivity contribution >= 4 is 40.3 Å². The molecule has 2 aliphatic heterocycles. The number of fused-ring (bicyclic) bond motifs is 1. The Kier molecular flexibility index (Phi) is 7.29. The zero-order valence-corrected chi connectivity index (χ0v) is 22.5. The molecule has 0 spiro atoms. The lowest BCUT2D eigenvalue weighted by atomic mass is 9.79. The predicted molar refractivity (Wildman–Crippen MR) is 146 cm³/mol. The van der Waals surface area contributed by atoms with E-state index in [9.17, 15) is 4.79 Å². The van der Waals surface area contributed by atoms with Gasteiger partial charge in [0, 0.05) is 25.4 Å². The minimum absolute atomic E-state index is 0.0391. The van der Waals surface area contributed by atoms with Gasteiger partial charge >= 0.3 is 0 Å². The highest BCUT2D eigenvalue weighted by Crippen LogP contribution is 2.44. The van der Waals surface area contributed by atoms with E-state index in [1.807, 2.05) is 30.3 Å². The molecule has 35 heavy (non-hydrogen) atoms. The van der Waals surface area contributed by atoms with Crippen LogP contribution in [0.2, 0.25) is 0 Å². The van der Waals surface area contributed by atoms with Crippen LogP contribution in [0.4, 0.5) is 11.4 Å². The van der Waals surface area contributed by atoms with Crippen LogP contribution in [-0.2, 0) is 9.53 Å². The minimum Gasteiger partial charge on any atom is -0.497 e. The van der Waals surface area contributed by atoms with Crippen LogP contribution in [0.15, 0.2) is 46.3 Å². The Balaban J connectivity index is 1.69. The van der Waals surface area contributed by atoms with Gasteiger partial charge in [-0.25, -0.2) is 4.99 Å². The van der Waals surface area contributed by atoms with Gasteiger partial charge in [-0.05, 0) is 104 Å². The summed E-state index contributed by atoms with van der Waals surface area (Å²) in [5.41, 5.74) is 5.74. The lowest BCUT2D eigenvalue weighted by Crippen LogP contribution is -2.45. The molecule has 0 aromatic heterocycles. The van der Waals surface area contributed by atoms with Crippen molar-refractivity contribution in [3.8, 4) is 5.75 Å². The van der Waals surface area contributed by atoms with E-state index in [4.69, 9.17) is 14.5 Å². The van der Waals surface area contributed by atoms with Gasteiger partial charge in [0.15, 0.2) is 5.17 Å². The maximum atomic E-state index is 13.4. The zero-order chi connectivity index (χ0) is 25.3. The van der Waals surface area contributed by atoms with E-state index in [0.717, 1.165) is 29.0 Å². The van der Waals surface area contributed by atoms with Crippen LogP contribution in [-0.4, -0.2) is 55.9 Å². The van der Waals surface area contributed by atoms with Crippen LogP contribution in [0.5, 0.6) is 5.75 Å². The Morgan fingerprint density at radius 2 is 1.91 bits per heavy atom. The van der Waals surface area contributed by atoms with Crippen molar-refractivity contribution in [3.05, 3.63) is 58.0 Å². The first-order valence-electron chi connectivity index (χ1n) is 12.0. The number of carbonyl (C=O) groups excluding carboxylic acids is 1. The number of amidine groups is 1. The summed E-state index contributed by atoms with van der Waals surface area (Å²) in [7, 11) is 5.45. The van der Waals surface area contributed by atoms with Crippen molar-refractivity contribution in [2.45, 2.75) is 45.6 Å². The highest BCUT2D eigenvalue weighted by atomic mass is 32.2. The summed E-state index contributed by atoms with van der Waals surface area (Å²) in [6.07, 6.45) is 3.11. The summed E-state index contributed by atoms with van der Waals surface area (Å²) in [5.74, 6) is 1.18. The lowest BCUT2D eigenvalue weighted by molar-refractivity contribution is -0.122. The lowest BCUT2D eigenvalue weighted by Gasteiger charge is -2.45. The second kappa shape index (κ2) is 10.1. The molecule has 186 valence electrons. The number of aliphatic imine (C=N–C) groups is 1. The van der Waals surface area contributed by atoms with E-state index in [-0.39, 0.29) is 11.4 Å². The Morgan fingerprint density at radius 1 is 1.20 bits per heavy atom. The van der Waals surface area contributed by atoms with Crippen molar-refractivity contribution in [3.63, 3.8) is 0 Å². The second-order valence-electron chi connectivity index (χ2n) is 9.90. The number of benzene rings is 2. The number of hydrogen-bond acceptors (Lipinski definition) is 6. The van der Waals surface area contributed by atoms with Gasteiger partial charge in [-0.15, -0.1) is 0 Å².